The molecule has 8 heteroatoms. The maximum Gasteiger partial charge on any atom is 0.254 e. The summed E-state index contributed by atoms with van der Waals surface area (Å²) in [7, 11) is 3.27. The van der Waals surface area contributed by atoms with Gasteiger partial charge in [-0.3, -0.25) is 9.69 Å². The van der Waals surface area contributed by atoms with Crippen LogP contribution in [0.3, 0.4) is 0 Å². The number of ether oxygens (including phenoxy) is 2. The smallest absolute Gasteiger partial charge is 0.254 e. The van der Waals surface area contributed by atoms with Gasteiger partial charge in [0.25, 0.3) is 5.91 Å². The summed E-state index contributed by atoms with van der Waals surface area (Å²) in [4.78, 5) is 21.1. The van der Waals surface area contributed by atoms with Gasteiger partial charge in [-0.2, -0.15) is 0 Å². The second-order valence-corrected chi connectivity index (χ2v) is 8.41. The first-order valence-corrected chi connectivity index (χ1v) is 11.6. The zero-order chi connectivity index (χ0) is 25.5. The lowest BCUT2D eigenvalue weighted by atomic mass is 10.1. The van der Waals surface area contributed by atoms with Crippen molar-refractivity contribution in [2.75, 3.05) is 26.5 Å². The Balaban J connectivity index is 1.54. The molecular formula is C28H31N5O3. The van der Waals surface area contributed by atoms with E-state index in [-0.39, 0.29) is 5.91 Å². The van der Waals surface area contributed by atoms with E-state index in [1.807, 2.05) is 60.7 Å². The van der Waals surface area contributed by atoms with Crippen molar-refractivity contribution < 1.29 is 14.3 Å². The molecule has 1 aliphatic heterocycles. The lowest BCUT2D eigenvalue weighted by Gasteiger charge is -2.39. The molecule has 1 aromatic heterocycles. The summed E-state index contributed by atoms with van der Waals surface area (Å²) >= 11 is 0. The van der Waals surface area contributed by atoms with E-state index in [0.717, 1.165) is 33.9 Å². The van der Waals surface area contributed by atoms with Crippen molar-refractivity contribution >= 4 is 11.7 Å². The number of aromatic nitrogens is 1. The quantitative estimate of drug-likeness (QED) is 0.453. The highest BCUT2D eigenvalue weighted by Gasteiger charge is 2.28. The Morgan fingerprint density at radius 2 is 1.47 bits per heavy atom. The first-order valence-electron chi connectivity index (χ1n) is 11.6. The number of carbonyl (C=O) groups is 1. The Hall–Kier alpha value is -4.30. The van der Waals surface area contributed by atoms with Crippen LogP contribution in [0.4, 0.5) is 5.82 Å². The minimum Gasteiger partial charge on any atom is -0.497 e. The molecule has 0 spiro atoms. The van der Waals surface area contributed by atoms with Gasteiger partial charge in [0, 0.05) is 43.2 Å². The zero-order valence-electron chi connectivity index (χ0n) is 20.6. The van der Waals surface area contributed by atoms with Crippen LogP contribution in [0.1, 0.15) is 16.7 Å². The summed E-state index contributed by atoms with van der Waals surface area (Å²) in [6, 6.07) is 19.3. The van der Waals surface area contributed by atoms with Crippen LogP contribution < -0.4 is 20.5 Å². The third-order valence-electron chi connectivity index (χ3n) is 6.07. The molecule has 1 amide bonds. The van der Waals surface area contributed by atoms with Gasteiger partial charge >= 0.3 is 0 Å². The molecule has 0 aliphatic carbocycles. The first-order chi connectivity index (χ1) is 17.5. The predicted molar refractivity (Wildman–Crippen MR) is 140 cm³/mol. The summed E-state index contributed by atoms with van der Waals surface area (Å²) in [6.45, 7) is 6.26. The monoisotopic (exact) mass is 485 g/mol. The number of hydrogen-bond donors (Lipinski definition) is 2. The number of anilines is 1. The second kappa shape index (κ2) is 11.4. The number of nitrogens with zero attached hydrogens (tertiary/aromatic N) is 3. The Kier molecular flexibility index (Phi) is 7.87. The van der Waals surface area contributed by atoms with Gasteiger partial charge in [-0.05, 0) is 41.5 Å². The number of pyridine rings is 1. The molecule has 2 heterocycles. The molecular weight excluding hydrogens is 454 g/mol. The fourth-order valence-corrected chi connectivity index (χ4v) is 4.00. The molecule has 4 rings (SSSR count). The molecule has 0 saturated heterocycles. The summed E-state index contributed by atoms with van der Waals surface area (Å²) in [5.74, 6) is 2.56. The van der Waals surface area contributed by atoms with Crippen LogP contribution in [-0.2, 0) is 24.4 Å². The fraction of sp³-hybridized carbons (Fsp3) is 0.214. The highest BCUT2D eigenvalue weighted by Crippen LogP contribution is 2.27. The topological polar surface area (TPSA) is 93.0 Å². The van der Waals surface area contributed by atoms with Gasteiger partial charge in [-0.1, -0.05) is 36.9 Å². The average molecular weight is 486 g/mol. The van der Waals surface area contributed by atoms with E-state index in [1.54, 1.807) is 31.4 Å². The van der Waals surface area contributed by atoms with E-state index < -0.39 is 0 Å². The van der Waals surface area contributed by atoms with Gasteiger partial charge < -0.3 is 25.4 Å². The van der Waals surface area contributed by atoms with Gasteiger partial charge in [0.15, 0.2) is 0 Å². The molecule has 0 saturated carbocycles. The van der Waals surface area contributed by atoms with Crippen molar-refractivity contribution in [1.82, 2.24) is 20.1 Å². The van der Waals surface area contributed by atoms with Crippen LogP contribution in [0.25, 0.3) is 0 Å². The third kappa shape index (κ3) is 5.84. The summed E-state index contributed by atoms with van der Waals surface area (Å²) in [5.41, 5.74) is 9.76. The molecule has 0 bridgehead atoms. The Morgan fingerprint density at radius 3 is 2.03 bits per heavy atom. The normalized spacial score (nSPS) is 13.6. The molecule has 3 N–H and O–H groups in total. The van der Waals surface area contributed by atoms with E-state index in [2.05, 4.69) is 21.8 Å². The second-order valence-electron chi connectivity index (χ2n) is 8.41. The summed E-state index contributed by atoms with van der Waals surface area (Å²) in [5, 5.41) is 3.39. The van der Waals surface area contributed by atoms with E-state index in [4.69, 9.17) is 15.2 Å². The molecule has 0 unspecified atom stereocenters. The number of benzene rings is 2. The van der Waals surface area contributed by atoms with E-state index >= 15 is 0 Å². The molecule has 36 heavy (non-hydrogen) atoms. The molecule has 0 fully saturated rings. The minimum absolute atomic E-state index is 0.112. The van der Waals surface area contributed by atoms with Crippen molar-refractivity contribution in [2.24, 2.45) is 0 Å². The molecule has 1 aliphatic rings. The maximum atomic E-state index is 13.2. The van der Waals surface area contributed by atoms with Crippen LogP contribution in [0, 0.1) is 0 Å². The van der Waals surface area contributed by atoms with Crippen molar-refractivity contribution in [3.8, 4) is 11.5 Å². The third-order valence-corrected chi connectivity index (χ3v) is 6.07. The van der Waals surface area contributed by atoms with Gasteiger partial charge in [0.1, 0.15) is 23.1 Å². The molecule has 0 radical (unpaired) electrons. The lowest BCUT2D eigenvalue weighted by Crippen LogP contribution is -2.43. The fourth-order valence-electron chi connectivity index (χ4n) is 4.00. The van der Waals surface area contributed by atoms with Gasteiger partial charge in [0.2, 0.25) is 0 Å². The number of methoxy groups -OCH3 is 2. The number of nitrogen functional groups attached to an aromatic ring is 1. The molecule has 3 aromatic rings. The van der Waals surface area contributed by atoms with Gasteiger partial charge in [0.05, 0.1) is 20.8 Å². The summed E-state index contributed by atoms with van der Waals surface area (Å²) < 4.78 is 10.5. The largest absolute Gasteiger partial charge is 0.497 e. The van der Waals surface area contributed by atoms with Crippen molar-refractivity contribution in [3.05, 3.63) is 108 Å². The van der Waals surface area contributed by atoms with E-state index in [1.165, 1.54) is 0 Å². The number of rotatable bonds is 10. The number of carbonyl (C=O) groups excluding carboxylic acids is 1. The Morgan fingerprint density at radius 1 is 0.889 bits per heavy atom. The van der Waals surface area contributed by atoms with Gasteiger partial charge in [-0.15, -0.1) is 0 Å². The lowest BCUT2D eigenvalue weighted by molar-refractivity contribution is -0.126. The average Bonchev–Trinajstić information content (AvgIpc) is 2.90. The standard InChI is InChI=1S/C28H31N5O3/c1-20-32(18-21-6-10-25(35-2)11-7-21)24(17-30-16-23-5-4-14-31-28(23)29)15-27(34)33(20)19-22-8-12-26(36-3)13-9-22/h4-15,30H,1,16-19H2,2-3H3,(H2,29,31). The molecule has 0 atom stereocenters. The summed E-state index contributed by atoms with van der Waals surface area (Å²) in [6.07, 6.45) is 3.33. The maximum absolute atomic E-state index is 13.2. The predicted octanol–water partition coefficient (Wildman–Crippen LogP) is 3.67. The Labute approximate surface area is 211 Å². The van der Waals surface area contributed by atoms with Crippen molar-refractivity contribution in [2.45, 2.75) is 19.6 Å². The molecule has 186 valence electrons. The van der Waals surface area contributed by atoms with Crippen molar-refractivity contribution in [3.63, 3.8) is 0 Å². The number of amides is 1. The minimum atomic E-state index is -0.112. The number of nitrogens with one attached hydrogen (secondary N) is 1. The van der Waals surface area contributed by atoms with Crippen LogP contribution in [0.5, 0.6) is 11.5 Å². The van der Waals surface area contributed by atoms with Crippen LogP contribution >= 0.6 is 0 Å². The van der Waals surface area contributed by atoms with Gasteiger partial charge in [-0.25, -0.2) is 4.98 Å². The molecule has 8 nitrogen and oxygen atoms in total. The highest BCUT2D eigenvalue weighted by atomic mass is 16.5. The van der Waals surface area contributed by atoms with E-state index in [9.17, 15) is 4.79 Å². The first kappa shape index (κ1) is 24.8. The SMILES string of the molecule is C=C1N(Cc2ccc(OC)cc2)C(=O)C=C(CNCc2cccnc2N)N1Cc1ccc(OC)cc1. The number of hydrogen-bond acceptors (Lipinski definition) is 7. The van der Waals surface area contributed by atoms with Crippen LogP contribution in [0.15, 0.2) is 91.0 Å². The van der Waals surface area contributed by atoms with E-state index in [0.29, 0.717) is 37.8 Å². The van der Waals surface area contributed by atoms with Crippen molar-refractivity contribution in [1.29, 1.82) is 0 Å². The van der Waals surface area contributed by atoms with Crippen LogP contribution in [0.2, 0.25) is 0 Å². The Bertz CT molecular complexity index is 1240. The number of nitrogens with two attached hydrogens (primary N) is 1. The zero-order valence-corrected chi connectivity index (χ0v) is 20.6. The molecule has 2 aromatic carbocycles. The highest BCUT2D eigenvalue weighted by molar-refractivity contribution is 5.90. The van der Waals surface area contributed by atoms with Crippen LogP contribution in [-0.4, -0.2) is 41.5 Å².